The Labute approximate surface area is 98.3 Å². The molecule has 0 unspecified atom stereocenters. The van der Waals surface area contributed by atoms with Gasteiger partial charge in [0.05, 0.1) is 19.0 Å². The molecule has 0 aliphatic carbocycles. The van der Waals surface area contributed by atoms with Gasteiger partial charge in [-0.25, -0.2) is 9.48 Å². The van der Waals surface area contributed by atoms with Gasteiger partial charge in [-0.05, 0) is 18.2 Å². The number of para-hydroxylation sites is 1. The zero-order chi connectivity index (χ0) is 12.1. The summed E-state index contributed by atoms with van der Waals surface area (Å²) in [6.45, 7) is 0. The van der Waals surface area contributed by atoms with Crippen molar-refractivity contribution in [1.82, 2.24) is 15.0 Å². The maximum Gasteiger partial charge on any atom is 0.330 e. The highest BCUT2D eigenvalue weighted by Gasteiger charge is 2.00. The molecule has 5 heteroatoms. The monoisotopic (exact) mass is 229 g/mol. The van der Waals surface area contributed by atoms with Gasteiger partial charge in [-0.15, -0.1) is 5.10 Å². The number of aromatic nitrogens is 3. The van der Waals surface area contributed by atoms with Gasteiger partial charge in [0.1, 0.15) is 5.69 Å². The molecule has 0 atom stereocenters. The summed E-state index contributed by atoms with van der Waals surface area (Å²) in [6, 6.07) is 9.60. The largest absolute Gasteiger partial charge is 0.466 e. The fraction of sp³-hybridized carbons (Fsp3) is 0.0833. The zero-order valence-electron chi connectivity index (χ0n) is 9.28. The van der Waals surface area contributed by atoms with E-state index in [9.17, 15) is 4.79 Å². The van der Waals surface area contributed by atoms with Gasteiger partial charge in [0.2, 0.25) is 0 Å². The first-order valence-electron chi connectivity index (χ1n) is 5.03. The van der Waals surface area contributed by atoms with Crippen LogP contribution in [0.3, 0.4) is 0 Å². The lowest BCUT2D eigenvalue weighted by Gasteiger charge is -1.96. The molecule has 1 heterocycles. The van der Waals surface area contributed by atoms with E-state index in [-0.39, 0.29) is 0 Å². The first-order chi connectivity index (χ1) is 8.29. The molecule has 5 nitrogen and oxygen atoms in total. The van der Waals surface area contributed by atoms with E-state index in [1.807, 2.05) is 30.3 Å². The van der Waals surface area contributed by atoms with Crippen molar-refractivity contribution in [3.63, 3.8) is 0 Å². The fourth-order valence-electron chi connectivity index (χ4n) is 1.28. The van der Waals surface area contributed by atoms with Crippen LogP contribution in [0.4, 0.5) is 0 Å². The van der Waals surface area contributed by atoms with Crippen molar-refractivity contribution in [2.45, 2.75) is 0 Å². The number of esters is 1. The van der Waals surface area contributed by atoms with Crippen LogP contribution in [0.15, 0.2) is 42.6 Å². The van der Waals surface area contributed by atoms with E-state index in [4.69, 9.17) is 0 Å². The lowest BCUT2D eigenvalue weighted by molar-refractivity contribution is -0.134. The van der Waals surface area contributed by atoms with Crippen molar-refractivity contribution >= 4 is 12.0 Å². The molecule has 0 N–H and O–H groups in total. The van der Waals surface area contributed by atoms with Gasteiger partial charge in [0, 0.05) is 6.08 Å². The second kappa shape index (κ2) is 5.07. The van der Waals surface area contributed by atoms with Crippen molar-refractivity contribution in [1.29, 1.82) is 0 Å². The number of hydrogen-bond donors (Lipinski definition) is 0. The van der Waals surface area contributed by atoms with Crippen molar-refractivity contribution in [3.8, 4) is 5.69 Å². The smallest absolute Gasteiger partial charge is 0.330 e. The highest BCUT2D eigenvalue weighted by Crippen LogP contribution is 2.06. The van der Waals surface area contributed by atoms with Gasteiger partial charge in [0.25, 0.3) is 0 Å². The quantitative estimate of drug-likeness (QED) is 0.590. The van der Waals surface area contributed by atoms with Crippen molar-refractivity contribution in [2.24, 2.45) is 0 Å². The molecule has 0 bridgehead atoms. The molecule has 17 heavy (non-hydrogen) atoms. The summed E-state index contributed by atoms with van der Waals surface area (Å²) in [7, 11) is 1.33. The van der Waals surface area contributed by atoms with E-state index >= 15 is 0 Å². The number of benzene rings is 1. The predicted octanol–water partition coefficient (Wildman–Crippen LogP) is 1.45. The molecule has 1 aromatic heterocycles. The maximum absolute atomic E-state index is 10.9. The van der Waals surface area contributed by atoms with Crippen LogP contribution in [0.5, 0.6) is 0 Å². The van der Waals surface area contributed by atoms with Gasteiger partial charge in [-0.1, -0.05) is 23.4 Å². The summed E-state index contributed by atoms with van der Waals surface area (Å²) in [4.78, 5) is 10.9. The van der Waals surface area contributed by atoms with E-state index in [0.29, 0.717) is 5.69 Å². The zero-order valence-corrected chi connectivity index (χ0v) is 9.28. The summed E-state index contributed by atoms with van der Waals surface area (Å²) in [5, 5.41) is 7.87. The molecule has 0 saturated heterocycles. The molecule has 0 fully saturated rings. The van der Waals surface area contributed by atoms with Gasteiger partial charge in [-0.2, -0.15) is 0 Å². The molecular weight excluding hydrogens is 218 g/mol. The molecule has 0 aliphatic rings. The van der Waals surface area contributed by atoms with Crippen LogP contribution < -0.4 is 0 Å². The number of hydrogen-bond acceptors (Lipinski definition) is 4. The average Bonchev–Trinajstić information content (AvgIpc) is 2.86. The Morgan fingerprint density at radius 1 is 1.35 bits per heavy atom. The summed E-state index contributed by atoms with van der Waals surface area (Å²) in [6.07, 6.45) is 4.59. The number of rotatable bonds is 3. The maximum atomic E-state index is 10.9. The molecule has 2 rings (SSSR count). The molecule has 0 radical (unpaired) electrons. The Hall–Kier alpha value is -2.43. The van der Waals surface area contributed by atoms with Gasteiger partial charge < -0.3 is 4.74 Å². The van der Waals surface area contributed by atoms with E-state index in [1.54, 1.807) is 17.0 Å². The molecule has 0 amide bonds. The van der Waals surface area contributed by atoms with Crippen LogP contribution >= 0.6 is 0 Å². The van der Waals surface area contributed by atoms with Crippen LogP contribution in [0, 0.1) is 0 Å². The van der Waals surface area contributed by atoms with Crippen molar-refractivity contribution in [3.05, 3.63) is 48.3 Å². The third kappa shape index (κ3) is 2.78. The molecule has 1 aromatic carbocycles. The Morgan fingerprint density at radius 2 is 2.12 bits per heavy atom. The first-order valence-corrected chi connectivity index (χ1v) is 5.03. The molecule has 0 aliphatic heterocycles. The third-order valence-electron chi connectivity index (χ3n) is 2.12. The van der Waals surface area contributed by atoms with E-state index in [1.165, 1.54) is 13.2 Å². The van der Waals surface area contributed by atoms with Gasteiger partial charge >= 0.3 is 5.97 Å². The number of nitrogens with zero attached hydrogens (tertiary/aromatic N) is 3. The second-order valence-corrected chi connectivity index (χ2v) is 3.28. The lowest BCUT2D eigenvalue weighted by Crippen LogP contribution is -1.93. The normalized spacial score (nSPS) is 10.6. The standard InChI is InChI=1S/C12H11N3O2/c1-17-12(16)8-7-10-9-15(14-13-10)11-5-3-2-4-6-11/h2-9H,1H3. The minimum atomic E-state index is -0.417. The van der Waals surface area contributed by atoms with Crippen molar-refractivity contribution < 1.29 is 9.53 Å². The van der Waals surface area contributed by atoms with E-state index < -0.39 is 5.97 Å². The molecule has 0 saturated carbocycles. The molecular formula is C12H11N3O2. The molecule has 86 valence electrons. The van der Waals surface area contributed by atoms with Gasteiger partial charge in [0.15, 0.2) is 0 Å². The SMILES string of the molecule is COC(=O)C=Cc1cn(-c2ccccc2)nn1. The minimum absolute atomic E-state index is 0.417. The van der Waals surface area contributed by atoms with E-state index in [0.717, 1.165) is 5.69 Å². The van der Waals surface area contributed by atoms with E-state index in [2.05, 4.69) is 15.0 Å². The third-order valence-corrected chi connectivity index (χ3v) is 2.12. The van der Waals surface area contributed by atoms with Crippen LogP contribution in [-0.4, -0.2) is 28.1 Å². The number of ether oxygens (including phenoxy) is 1. The van der Waals surface area contributed by atoms with Crippen LogP contribution in [0.25, 0.3) is 11.8 Å². The summed E-state index contributed by atoms with van der Waals surface area (Å²) < 4.78 is 6.12. The highest BCUT2D eigenvalue weighted by molar-refractivity contribution is 5.86. The lowest BCUT2D eigenvalue weighted by atomic mass is 10.3. The Balaban J connectivity index is 2.17. The summed E-state index contributed by atoms with van der Waals surface area (Å²) >= 11 is 0. The number of carbonyl (C=O) groups is 1. The number of methoxy groups -OCH3 is 1. The topological polar surface area (TPSA) is 57.0 Å². The van der Waals surface area contributed by atoms with Crippen LogP contribution in [0.1, 0.15) is 5.69 Å². The predicted molar refractivity (Wildman–Crippen MR) is 62.4 cm³/mol. The average molecular weight is 229 g/mol. The Morgan fingerprint density at radius 3 is 2.82 bits per heavy atom. The van der Waals surface area contributed by atoms with Crippen LogP contribution in [0.2, 0.25) is 0 Å². The number of carbonyl (C=O) groups excluding carboxylic acids is 1. The Kier molecular flexibility index (Phi) is 3.30. The van der Waals surface area contributed by atoms with Gasteiger partial charge in [-0.3, -0.25) is 0 Å². The Bertz CT molecular complexity index is 532. The fourth-order valence-corrected chi connectivity index (χ4v) is 1.28. The first kappa shape index (κ1) is 11.1. The van der Waals surface area contributed by atoms with Crippen molar-refractivity contribution in [2.75, 3.05) is 7.11 Å². The minimum Gasteiger partial charge on any atom is -0.466 e. The highest BCUT2D eigenvalue weighted by atomic mass is 16.5. The molecule has 0 spiro atoms. The second-order valence-electron chi connectivity index (χ2n) is 3.28. The summed E-state index contributed by atoms with van der Waals surface area (Å²) in [5.74, 6) is -0.417. The summed E-state index contributed by atoms with van der Waals surface area (Å²) in [5.41, 5.74) is 1.51. The van der Waals surface area contributed by atoms with Crippen LogP contribution in [-0.2, 0) is 9.53 Å². The molecule has 2 aromatic rings.